The van der Waals surface area contributed by atoms with Gasteiger partial charge in [0, 0.05) is 35.9 Å². The van der Waals surface area contributed by atoms with Gasteiger partial charge < -0.3 is 19.5 Å². The second kappa shape index (κ2) is 11.0. The van der Waals surface area contributed by atoms with Crippen LogP contribution < -0.4 is 20.2 Å². The zero-order chi connectivity index (χ0) is 25.5. The van der Waals surface area contributed by atoms with Gasteiger partial charge in [0.25, 0.3) is 17.5 Å². The highest BCUT2D eigenvalue weighted by Crippen LogP contribution is 2.23. The van der Waals surface area contributed by atoms with Crippen LogP contribution in [-0.2, 0) is 19.1 Å². The van der Waals surface area contributed by atoms with Crippen molar-refractivity contribution in [3.8, 4) is 11.5 Å². The Balaban J connectivity index is 1.52. The third kappa shape index (κ3) is 6.43. The number of rotatable bonds is 9. The van der Waals surface area contributed by atoms with E-state index < -0.39 is 41.1 Å². The Bertz CT molecular complexity index is 1150. The van der Waals surface area contributed by atoms with Crippen molar-refractivity contribution in [2.75, 3.05) is 32.7 Å². The minimum atomic E-state index is -0.895. The predicted octanol–water partition coefficient (Wildman–Crippen LogP) is 1.29. The van der Waals surface area contributed by atoms with Gasteiger partial charge in [-0.1, -0.05) is 6.07 Å². The number of nitro benzene ring substituents is 1. The number of nitro groups is 1. The highest BCUT2D eigenvalue weighted by Gasteiger charge is 2.37. The number of anilines is 1. The number of nitrogens with zero attached hydrogens (tertiary/aromatic N) is 2. The van der Waals surface area contributed by atoms with Crippen molar-refractivity contribution in [1.29, 1.82) is 0 Å². The predicted molar refractivity (Wildman–Crippen MR) is 120 cm³/mol. The molecule has 0 aromatic heterocycles. The van der Waals surface area contributed by atoms with Crippen molar-refractivity contribution < 1.29 is 38.3 Å². The van der Waals surface area contributed by atoms with E-state index in [1.54, 1.807) is 6.07 Å². The van der Waals surface area contributed by atoms with Crippen molar-refractivity contribution in [2.24, 2.45) is 5.92 Å². The molecule has 0 bridgehead atoms. The number of esters is 1. The second-order valence-electron chi connectivity index (χ2n) is 7.41. The summed E-state index contributed by atoms with van der Waals surface area (Å²) in [6.45, 7) is -0.792. The molecule has 13 heteroatoms. The number of non-ortho nitro benzene ring substituents is 1. The van der Waals surface area contributed by atoms with Crippen LogP contribution in [-0.4, -0.2) is 61.0 Å². The number of carbonyl (C=O) groups excluding carboxylic acids is 4. The number of ether oxygens (including phenoxy) is 3. The molecule has 1 heterocycles. The highest BCUT2D eigenvalue weighted by atomic mass is 16.6. The lowest BCUT2D eigenvalue weighted by Crippen LogP contribution is -2.43. The van der Waals surface area contributed by atoms with Crippen molar-refractivity contribution in [3.63, 3.8) is 0 Å². The van der Waals surface area contributed by atoms with E-state index in [0.717, 1.165) is 11.1 Å². The van der Waals surface area contributed by atoms with Gasteiger partial charge in [-0.2, -0.15) is 0 Å². The molecule has 1 atom stereocenters. The Morgan fingerprint density at radius 3 is 2.43 bits per heavy atom. The molecule has 2 N–H and O–H groups in total. The van der Waals surface area contributed by atoms with E-state index in [9.17, 15) is 29.3 Å². The van der Waals surface area contributed by atoms with E-state index in [4.69, 9.17) is 14.2 Å². The van der Waals surface area contributed by atoms with Gasteiger partial charge in [-0.25, -0.2) is 0 Å². The van der Waals surface area contributed by atoms with E-state index in [1.807, 2.05) is 0 Å². The molecule has 2 aromatic carbocycles. The summed E-state index contributed by atoms with van der Waals surface area (Å²) in [6, 6.07) is 9.78. The molecular weight excluding hydrogens is 464 g/mol. The maximum absolute atomic E-state index is 12.6. The molecule has 184 valence electrons. The summed E-state index contributed by atoms with van der Waals surface area (Å²) >= 11 is 0. The molecule has 3 amide bonds. The lowest BCUT2D eigenvalue weighted by Gasteiger charge is -2.18. The molecule has 1 aliphatic heterocycles. The minimum Gasteiger partial charge on any atom is -0.497 e. The minimum absolute atomic E-state index is 0.142. The van der Waals surface area contributed by atoms with E-state index in [0.29, 0.717) is 11.5 Å². The van der Waals surface area contributed by atoms with Crippen LogP contribution in [0.2, 0.25) is 0 Å². The summed E-state index contributed by atoms with van der Waals surface area (Å²) in [4.78, 5) is 59.5. The number of hydrazine groups is 1. The maximum atomic E-state index is 12.6. The number of hydrogen-bond acceptors (Lipinski definition) is 9. The van der Waals surface area contributed by atoms with Crippen LogP contribution in [0.1, 0.15) is 16.8 Å². The van der Waals surface area contributed by atoms with Crippen molar-refractivity contribution in [1.82, 2.24) is 10.4 Å². The first-order chi connectivity index (χ1) is 16.7. The summed E-state index contributed by atoms with van der Waals surface area (Å²) in [5.41, 5.74) is 2.57. The molecule has 0 aliphatic carbocycles. The van der Waals surface area contributed by atoms with E-state index in [2.05, 4.69) is 10.7 Å². The molecule has 1 aliphatic rings. The fourth-order valence-corrected chi connectivity index (χ4v) is 3.25. The standard InChI is InChI=1S/C22H22N4O9/c1-33-17-6-13(7-18(10-17)34-2)21(29)24-25-11-14(8-20(25)28)22(30)35-12-19(27)23-15-4-3-5-16(9-15)26(31)32/h3-7,9-10,14H,8,11-12H2,1-2H3,(H,23,27)(H,24,29)/t14-/m1/s1. The molecule has 0 spiro atoms. The van der Waals surface area contributed by atoms with Crippen LogP contribution in [0.25, 0.3) is 0 Å². The summed E-state index contributed by atoms with van der Waals surface area (Å²) in [5.74, 6) is -2.75. The first-order valence-electron chi connectivity index (χ1n) is 10.3. The zero-order valence-corrected chi connectivity index (χ0v) is 18.8. The molecular formula is C22H22N4O9. The molecule has 0 unspecified atom stereocenters. The van der Waals surface area contributed by atoms with Gasteiger partial charge in [-0.05, 0) is 18.2 Å². The summed E-state index contributed by atoms with van der Waals surface area (Å²) in [6.07, 6.45) is -0.215. The Morgan fingerprint density at radius 1 is 1.11 bits per heavy atom. The van der Waals surface area contributed by atoms with Gasteiger partial charge in [-0.15, -0.1) is 0 Å². The van der Waals surface area contributed by atoms with Crippen LogP contribution in [0.4, 0.5) is 11.4 Å². The van der Waals surface area contributed by atoms with Crippen LogP contribution in [0.15, 0.2) is 42.5 Å². The third-order valence-corrected chi connectivity index (χ3v) is 4.99. The topological polar surface area (TPSA) is 166 Å². The Hall–Kier alpha value is -4.68. The lowest BCUT2D eigenvalue weighted by atomic mass is 10.1. The van der Waals surface area contributed by atoms with E-state index in [-0.39, 0.29) is 29.9 Å². The van der Waals surface area contributed by atoms with E-state index >= 15 is 0 Å². The maximum Gasteiger partial charge on any atom is 0.311 e. The van der Waals surface area contributed by atoms with Gasteiger partial charge in [0.05, 0.1) is 31.6 Å². The smallest absolute Gasteiger partial charge is 0.311 e. The zero-order valence-electron chi connectivity index (χ0n) is 18.8. The van der Waals surface area contributed by atoms with Gasteiger partial charge in [0.15, 0.2) is 6.61 Å². The Labute approximate surface area is 199 Å². The lowest BCUT2D eigenvalue weighted by molar-refractivity contribution is -0.384. The van der Waals surface area contributed by atoms with Crippen LogP contribution >= 0.6 is 0 Å². The largest absolute Gasteiger partial charge is 0.497 e. The average Bonchev–Trinajstić information content (AvgIpc) is 3.22. The molecule has 13 nitrogen and oxygen atoms in total. The number of nitrogens with one attached hydrogen (secondary N) is 2. The number of carbonyl (C=O) groups is 4. The third-order valence-electron chi connectivity index (χ3n) is 4.99. The molecule has 1 saturated heterocycles. The fraction of sp³-hybridized carbons (Fsp3) is 0.273. The molecule has 3 rings (SSSR count). The Morgan fingerprint density at radius 2 is 1.80 bits per heavy atom. The number of hydrogen-bond donors (Lipinski definition) is 2. The number of benzene rings is 2. The van der Waals surface area contributed by atoms with Crippen molar-refractivity contribution in [2.45, 2.75) is 6.42 Å². The fourth-order valence-electron chi connectivity index (χ4n) is 3.25. The van der Waals surface area contributed by atoms with Crippen LogP contribution in [0, 0.1) is 16.0 Å². The van der Waals surface area contributed by atoms with Gasteiger partial charge in [0.1, 0.15) is 11.5 Å². The first kappa shape index (κ1) is 25.0. The Kier molecular flexibility index (Phi) is 7.81. The summed E-state index contributed by atoms with van der Waals surface area (Å²) in [5, 5.41) is 14.2. The van der Waals surface area contributed by atoms with Crippen molar-refractivity contribution in [3.05, 3.63) is 58.1 Å². The molecule has 2 aromatic rings. The normalized spacial score (nSPS) is 14.7. The monoisotopic (exact) mass is 486 g/mol. The van der Waals surface area contributed by atoms with Crippen LogP contribution in [0.5, 0.6) is 11.5 Å². The van der Waals surface area contributed by atoms with Gasteiger partial charge >= 0.3 is 5.97 Å². The van der Waals surface area contributed by atoms with Gasteiger partial charge in [0.2, 0.25) is 5.91 Å². The molecule has 35 heavy (non-hydrogen) atoms. The summed E-state index contributed by atoms with van der Waals surface area (Å²) < 4.78 is 15.2. The molecule has 0 saturated carbocycles. The SMILES string of the molecule is COc1cc(OC)cc(C(=O)NN2C[C@H](C(=O)OCC(=O)Nc3cccc([N+](=O)[O-])c3)CC2=O)c1. The number of amides is 3. The average molecular weight is 486 g/mol. The molecule has 1 fully saturated rings. The van der Waals surface area contributed by atoms with E-state index in [1.165, 1.54) is 44.6 Å². The van der Waals surface area contributed by atoms with Gasteiger partial charge in [-0.3, -0.25) is 39.7 Å². The first-order valence-corrected chi connectivity index (χ1v) is 10.3. The van der Waals surface area contributed by atoms with Crippen molar-refractivity contribution >= 4 is 35.1 Å². The van der Waals surface area contributed by atoms with Crippen LogP contribution in [0.3, 0.4) is 0 Å². The number of methoxy groups -OCH3 is 2. The highest BCUT2D eigenvalue weighted by molar-refractivity contribution is 5.97. The second-order valence-corrected chi connectivity index (χ2v) is 7.41. The quantitative estimate of drug-likeness (QED) is 0.301. The summed E-state index contributed by atoms with van der Waals surface area (Å²) in [7, 11) is 2.86. The molecule has 0 radical (unpaired) electrons.